The van der Waals surface area contributed by atoms with Gasteiger partial charge in [-0.25, -0.2) is 0 Å². The highest BCUT2D eigenvalue weighted by atomic mass is 16.5. The van der Waals surface area contributed by atoms with Crippen molar-refractivity contribution >= 4 is 0 Å². The van der Waals surface area contributed by atoms with Crippen molar-refractivity contribution in [3.63, 3.8) is 0 Å². The van der Waals surface area contributed by atoms with Gasteiger partial charge in [0.2, 0.25) is 0 Å². The molecule has 0 amide bonds. The summed E-state index contributed by atoms with van der Waals surface area (Å²) in [5, 5.41) is 3.69. The van der Waals surface area contributed by atoms with Crippen molar-refractivity contribution in [2.24, 2.45) is 0 Å². The van der Waals surface area contributed by atoms with Gasteiger partial charge in [0, 0.05) is 7.11 Å². The Bertz CT molecular complexity index is 419. The molecule has 0 radical (unpaired) electrons. The fraction of sp³-hybridized carbons (Fsp3) is 0.667. The van der Waals surface area contributed by atoms with Gasteiger partial charge in [-0.3, -0.25) is 0 Å². The Balaban J connectivity index is 3.23. The van der Waals surface area contributed by atoms with Gasteiger partial charge in [0.25, 0.3) is 0 Å². The van der Waals surface area contributed by atoms with E-state index in [0.717, 1.165) is 31.6 Å². The van der Waals surface area contributed by atoms with Crippen molar-refractivity contribution in [1.29, 1.82) is 0 Å². The highest BCUT2D eigenvalue weighted by molar-refractivity contribution is 5.38. The number of nitrogens with one attached hydrogen (secondary N) is 1. The van der Waals surface area contributed by atoms with Gasteiger partial charge in [-0.1, -0.05) is 26.8 Å². The van der Waals surface area contributed by atoms with Gasteiger partial charge in [-0.05, 0) is 56.0 Å². The van der Waals surface area contributed by atoms with Crippen molar-refractivity contribution in [3.8, 4) is 5.75 Å². The van der Waals surface area contributed by atoms with Crippen molar-refractivity contribution in [3.05, 3.63) is 29.3 Å². The molecule has 0 fully saturated rings. The van der Waals surface area contributed by atoms with E-state index in [0.29, 0.717) is 0 Å². The topological polar surface area (TPSA) is 30.5 Å². The predicted octanol–water partition coefficient (Wildman–Crippen LogP) is 4.25. The highest BCUT2D eigenvalue weighted by Crippen LogP contribution is 2.37. The van der Waals surface area contributed by atoms with Crippen LogP contribution >= 0.6 is 0 Å². The normalized spacial score (nSPS) is 13.2. The third-order valence-electron chi connectivity index (χ3n) is 4.52. The minimum Gasteiger partial charge on any atom is -0.497 e. The van der Waals surface area contributed by atoms with E-state index in [1.165, 1.54) is 11.1 Å². The second-order valence-electron chi connectivity index (χ2n) is 5.59. The molecule has 0 heterocycles. The maximum atomic E-state index is 5.97. The van der Waals surface area contributed by atoms with Gasteiger partial charge >= 0.3 is 0 Å². The van der Waals surface area contributed by atoms with E-state index in [9.17, 15) is 0 Å². The lowest BCUT2D eigenvalue weighted by molar-refractivity contribution is -0.0487. The van der Waals surface area contributed by atoms with Crippen LogP contribution in [-0.4, -0.2) is 26.4 Å². The summed E-state index contributed by atoms with van der Waals surface area (Å²) in [6.45, 7) is 9.72. The van der Waals surface area contributed by atoms with E-state index in [2.05, 4.69) is 45.1 Å². The number of rotatable bonds is 9. The van der Waals surface area contributed by atoms with E-state index < -0.39 is 0 Å². The summed E-state index contributed by atoms with van der Waals surface area (Å²) < 4.78 is 11.3. The third kappa shape index (κ3) is 3.98. The van der Waals surface area contributed by atoms with Crippen molar-refractivity contribution < 1.29 is 9.47 Å². The van der Waals surface area contributed by atoms with Crippen LogP contribution in [-0.2, 0) is 4.74 Å². The quantitative estimate of drug-likeness (QED) is 0.738. The summed E-state index contributed by atoms with van der Waals surface area (Å²) in [7, 11) is 3.53. The van der Waals surface area contributed by atoms with Crippen LogP contribution in [0, 0.1) is 6.92 Å². The largest absolute Gasteiger partial charge is 0.497 e. The van der Waals surface area contributed by atoms with Crippen LogP contribution in [0.3, 0.4) is 0 Å². The molecule has 0 spiro atoms. The molecule has 1 unspecified atom stereocenters. The Morgan fingerprint density at radius 1 is 1.14 bits per heavy atom. The fourth-order valence-electron chi connectivity index (χ4n) is 3.03. The molecule has 0 saturated carbocycles. The second-order valence-corrected chi connectivity index (χ2v) is 5.59. The Labute approximate surface area is 130 Å². The Hall–Kier alpha value is -1.06. The van der Waals surface area contributed by atoms with E-state index in [1.807, 2.05) is 13.2 Å². The molecule has 0 aromatic heterocycles. The molecule has 0 aliphatic heterocycles. The first-order valence-electron chi connectivity index (χ1n) is 8.01. The molecule has 3 nitrogen and oxygen atoms in total. The minimum atomic E-state index is -0.172. The summed E-state index contributed by atoms with van der Waals surface area (Å²) in [6, 6.07) is 6.50. The van der Waals surface area contributed by atoms with Gasteiger partial charge in [-0.15, -0.1) is 0 Å². The Kier molecular flexibility index (Phi) is 7.20. The van der Waals surface area contributed by atoms with E-state index in [4.69, 9.17) is 9.47 Å². The zero-order valence-corrected chi connectivity index (χ0v) is 14.5. The maximum Gasteiger partial charge on any atom is 0.119 e. The van der Waals surface area contributed by atoms with Crippen LogP contribution in [0.4, 0.5) is 0 Å². The van der Waals surface area contributed by atoms with E-state index >= 15 is 0 Å². The van der Waals surface area contributed by atoms with Crippen LogP contribution in [0.15, 0.2) is 18.2 Å². The smallest absolute Gasteiger partial charge is 0.119 e. The van der Waals surface area contributed by atoms with Crippen LogP contribution in [0.5, 0.6) is 5.75 Å². The van der Waals surface area contributed by atoms with Gasteiger partial charge < -0.3 is 14.8 Å². The number of hydrogen-bond acceptors (Lipinski definition) is 3. The zero-order chi connectivity index (χ0) is 15.9. The average Bonchev–Trinajstić information content (AvgIpc) is 2.52. The average molecular weight is 293 g/mol. The highest BCUT2D eigenvalue weighted by Gasteiger charge is 2.37. The lowest BCUT2D eigenvalue weighted by Gasteiger charge is -2.40. The Morgan fingerprint density at radius 3 is 2.24 bits per heavy atom. The number of methoxy groups -OCH3 is 2. The lowest BCUT2D eigenvalue weighted by Crippen LogP contribution is -2.45. The van der Waals surface area contributed by atoms with Gasteiger partial charge in [-0.2, -0.15) is 0 Å². The molecule has 1 atom stereocenters. The summed E-state index contributed by atoms with van der Waals surface area (Å²) in [4.78, 5) is 0. The SMILES string of the molecule is CCCNC(c1ccc(OC)cc1C)C(CC)(CC)OC. The van der Waals surface area contributed by atoms with Crippen LogP contribution in [0.25, 0.3) is 0 Å². The molecule has 0 aliphatic rings. The Morgan fingerprint density at radius 2 is 1.81 bits per heavy atom. The first kappa shape index (κ1) is 18.0. The molecule has 1 aromatic carbocycles. The zero-order valence-electron chi connectivity index (χ0n) is 14.5. The first-order chi connectivity index (χ1) is 10.1. The van der Waals surface area contributed by atoms with E-state index in [-0.39, 0.29) is 11.6 Å². The first-order valence-corrected chi connectivity index (χ1v) is 8.01. The molecule has 0 aliphatic carbocycles. The number of hydrogen-bond donors (Lipinski definition) is 1. The van der Waals surface area contributed by atoms with Crippen LogP contribution in [0.1, 0.15) is 57.2 Å². The number of aryl methyl sites for hydroxylation is 1. The molecule has 0 saturated heterocycles. The standard InChI is InChI=1S/C18H31NO2/c1-7-12-19-17(18(8-2,9-3)21-6)16-11-10-15(20-5)13-14(16)4/h10-11,13,17,19H,7-9,12H2,1-6H3. The molecular weight excluding hydrogens is 262 g/mol. The number of ether oxygens (including phenoxy) is 2. The molecule has 1 aromatic rings. The van der Waals surface area contributed by atoms with Crippen LogP contribution < -0.4 is 10.1 Å². The summed E-state index contributed by atoms with van der Waals surface area (Å²) >= 11 is 0. The van der Waals surface area contributed by atoms with Crippen molar-refractivity contribution in [2.75, 3.05) is 20.8 Å². The number of benzene rings is 1. The molecular formula is C18H31NO2. The summed E-state index contributed by atoms with van der Waals surface area (Å²) in [5.41, 5.74) is 2.37. The maximum absolute atomic E-state index is 5.97. The molecule has 120 valence electrons. The fourth-order valence-corrected chi connectivity index (χ4v) is 3.03. The van der Waals surface area contributed by atoms with Gasteiger partial charge in [0.05, 0.1) is 18.8 Å². The van der Waals surface area contributed by atoms with Crippen molar-refractivity contribution in [1.82, 2.24) is 5.32 Å². The monoisotopic (exact) mass is 293 g/mol. The molecule has 21 heavy (non-hydrogen) atoms. The summed E-state index contributed by atoms with van der Waals surface area (Å²) in [5.74, 6) is 0.904. The van der Waals surface area contributed by atoms with Gasteiger partial charge in [0.15, 0.2) is 0 Å². The van der Waals surface area contributed by atoms with Gasteiger partial charge in [0.1, 0.15) is 5.75 Å². The minimum absolute atomic E-state index is 0.172. The second kappa shape index (κ2) is 8.40. The summed E-state index contributed by atoms with van der Waals surface area (Å²) in [6.07, 6.45) is 3.07. The van der Waals surface area contributed by atoms with Crippen LogP contribution in [0.2, 0.25) is 0 Å². The van der Waals surface area contributed by atoms with E-state index in [1.54, 1.807) is 7.11 Å². The third-order valence-corrected chi connectivity index (χ3v) is 4.52. The van der Waals surface area contributed by atoms with Crippen molar-refractivity contribution in [2.45, 2.75) is 58.6 Å². The molecule has 1 N–H and O–H groups in total. The lowest BCUT2D eigenvalue weighted by atomic mass is 9.82. The molecule has 0 bridgehead atoms. The molecule has 3 heteroatoms. The predicted molar refractivity (Wildman–Crippen MR) is 89.1 cm³/mol. The molecule has 1 rings (SSSR count).